The standard InChI is InChI=1S/C20H29FN2O2/c1-15-11-17(3-4-18(15)21)13-22-9-7-20(8-10-22)6-5-19(25)23(14-20)12-16(2)24/h3-4,11,16,24H,5-10,12-14H2,1-2H3/t16-/m1/s1. The van der Waals surface area contributed by atoms with Crippen molar-refractivity contribution in [1.82, 2.24) is 9.80 Å². The fourth-order valence-corrected chi connectivity index (χ4v) is 4.24. The predicted octanol–water partition coefficient (Wildman–Crippen LogP) is 2.72. The summed E-state index contributed by atoms with van der Waals surface area (Å²) in [6.07, 6.45) is 3.25. The van der Waals surface area contributed by atoms with Crippen molar-refractivity contribution in [2.45, 2.75) is 52.2 Å². The molecule has 0 radical (unpaired) electrons. The summed E-state index contributed by atoms with van der Waals surface area (Å²) < 4.78 is 13.4. The van der Waals surface area contributed by atoms with Gasteiger partial charge < -0.3 is 10.0 Å². The van der Waals surface area contributed by atoms with E-state index >= 15 is 0 Å². The van der Waals surface area contributed by atoms with Crippen LogP contribution in [0.2, 0.25) is 0 Å². The van der Waals surface area contributed by atoms with Gasteiger partial charge in [0.15, 0.2) is 0 Å². The zero-order valence-electron chi connectivity index (χ0n) is 15.3. The Morgan fingerprint density at radius 3 is 2.64 bits per heavy atom. The van der Waals surface area contributed by atoms with Gasteiger partial charge in [0.2, 0.25) is 5.91 Å². The third-order valence-corrected chi connectivity index (χ3v) is 5.78. The number of β-amino-alcohol motifs (C(OH)–C–C–N with tert-alkyl or cyclic N) is 1. The second-order valence-corrected chi connectivity index (χ2v) is 7.98. The van der Waals surface area contributed by atoms with Crippen LogP contribution in [0.15, 0.2) is 18.2 Å². The highest BCUT2D eigenvalue weighted by molar-refractivity contribution is 5.77. The molecule has 1 N–H and O–H groups in total. The van der Waals surface area contributed by atoms with E-state index in [1.54, 1.807) is 19.9 Å². The fourth-order valence-electron chi connectivity index (χ4n) is 4.24. The van der Waals surface area contributed by atoms with Crippen LogP contribution < -0.4 is 0 Å². The minimum atomic E-state index is -0.471. The molecule has 2 aliphatic rings. The highest BCUT2D eigenvalue weighted by Gasteiger charge is 2.41. The van der Waals surface area contributed by atoms with Gasteiger partial charge in [-0.15, -0.1) is 0 Å². The number of aryl methyl sites for hydroxylation is 1. The predicted molar refractivity (Wildman–Crippen MR) is 95.6 cm³/mol. The lowest BCUT2D eigenvalue weighted by atomic mass is 9.72. The van der Waals surface area contributed by atoms with Gasteiger partial charge in [0, 0.05) is 26.1 Å². The number of nitrogens with zero attached hydrogens (tertiary/aromatic N) is 2. The molecule has 5 heteroatoms. The van der Waals surface area contributed by atoms with E-state index in [0.717, 1.165) is 51.0 Å². The Hall–Kier alpha value is -1.46. The quantitative estimate of drug-likeness (QED) is 0.910. The van der Waals surface area contributed by atoms with Gasteiger partial charge in [-0.25, -0.2) is 4.39 Å². The average molecular weight is 348 g/mol. The van der Waals surface area contributed by atoms with E-state index in [-0.39, 0.29) is 17.1 Å². The minimum Gasteiger partial charge on any atom is -0.392 e. The summed E-state index contributed by atoms with van der Waals surface area (Å²) in [5, 5.41) is 9.63. The number of halogens is 1. The molecule has 1 atom stereocenters. The van der Waals surface area contributed by atoms with Gasteiger partial charge in [-0.05, 0) is 68.8 Å². The van der Waals surface area contributed by atoms with E-state index in [1.807, 2.05) is 17.0 Å². The molecule has 2 heterocycles. The number of likely N-dealkylation sites (tertiary alicyclic amines) is 2. The summed E-state index contributed by atoms with van der Waals surface area (Å²) in [6, 6.07) is 5.36. The molecule has 138 valence electrons. The monoisotopic (exact) mass is 348 g/mol. The van der Waals surface area contributed by atoms with Crippen molar-refractivity contribution in [1.29, 1.82) is 0 Å². The van der Waals surface area contributed by atoms with E-state index in [9.17, 15) is 14.3 Å². The lowest BCUT2D eigenvalue weighted by Crippen LogP contribution is -2.52. The summed E-state index contributed by atoms with van der Waals surface area (Å²) in [4.78, 5) is 16.4. The number of aliphatic hydroxyl groups is 1. The molecule has 0 saturated carbocycles. The van der Waals surface area contributed by atoms with E-state index in [2.05, 4.69) is 4.90 Å². The Labute approximate surface area is 149 Å². The Kier molecular flexibility index (Phi) is 5.44. The second-order valence-electron chi connectivity index (χ2n) is 7.98. The van der Waals surface area contributed by atoms with Gasteiger partial charge in [-0.1, -0.05) is 12.1 Å². The summed E-state index contributed by atoms with van der Waals surface area (Å²) in [5.41, 5.74) is 2.06. The molecule has 25 heavy (non-hydrogen) atoms. The lowest BCUT2D eigenvalue weighted by molar-refractivity contribution is -0.140. The smallest absolute Gasteiger partial charge is 0.222 e. The Morgan fingerprint density at radius 2 is 2.00 bits per heavy atom. The molecule has 2 aliphatic heterocycles. The molecular formula is C20H29FN2O2. The largest absolute Gasteiger partial charge is 0.392 e. The Balaban J connectivity index is 1.57. The average Bonchev–Trinajstić information content (AvgIpc) is 2.56. The van der Waals surface area contributed by atoms with Crippen LogP contribution in [0.4, 0.5) is 4.39 Å². The summed E-state index contributed by atoms with van der Waals surface area (Å²) in [5.74, 6) is 0.0298. The van der Waals surface area contributed by atoms with Crippen molar-refractivity contribution < 1.29 is 14.3 Å². The molecule has 1 aromatic rings. The molecule has 3 rings (SSSR count). The van der Waals surface area contributed by atoms with Gasteiger partial charge >= 0.3 is 0 Å². The summed E-state index contributed by atoms with van der Waals surface area (Å²) in [6.45, 7) is 7.63. The molecule has 4 nitrogen and oxygen atoms in total. The second kappa shape index (κ2) is 7.42. The maximum Gasteiger partial charge on any atom is 0.222 e. The molecule has 1 spiro atoms. The number of benzene rings is 1. The molecule has 2 fully saturated rings. The van der Waals surface area contributed by atoms with E-state index in [4.69, 9.17) is 0 Å². The van der Waals surface area contributed by atoms with E-state index in [1.165, 1.54) is 0 Å². The summed E-state index contributed by atoms with van der Waals surface area (Å²) in [7, 11) is 0. The molecule has 0 aliphatic carbocycles. The minimum absolute atomic E-state index is 0.147. The third-order valence-electron chi connectivity index (χ3n) is 5.78. The molecule has 0 bridgehead atoms. The maximum absolute atomic E-state index is 13.4. The van der Waals surface area contributed by atoms with E-state index in [0.29, 0.717) is 18.5 Å². The van der Waals surface area contributed by atoms with Crippen molar-refractivity contribution >= 4 is 5.91 Å². The molecule has 1 amide bonds. The highest BCUT2D eigenvalue weighted by atomic mass is 19.1. The first kappa shape index (κ1) is 18.3. The summed E-state index contributed by atoms with van der Waals surface area (Å²) >= 11 is 0. The number of carbonyl (C=O) groups excluding carboxylic acids is 1. The van der Waals surface area contributed by atoms with Gasteiger partial charge in [0.05, 0.1) is 6.10 Å². The highest BCUT2D eigenvalue weighted by Crippen LogP contribution is 2.40. The molecule has 0 unspecified atom stereocenters. The van der Waals surface area contributed by atoms with Crippen LogP contribution >= 0.6 is 0 Å². The Morgan fingerprint density at radius 1 is 1.28 bits per heavy atom. The number of hydrogen-bond acceptors (Lipinski definition) is 3. The third kappa shape index (κ3) is 4.39. The number of carbonyl (C=O) groups is 1. The number of amides is 1. The number of rotatable bonds is 4. The fraction of sp³-hybridized carbons (Fsp3) is 0.650. The lowest BCUT2D eigenvalue weighted by Gasteiger charge is -2.47. The first-order valence-corrected chi connectivity index (χ1v) is 9.30. The SMILES string of the molecule is Cc1cc(CN2CCC3(CCC(=O)N(C[C@@H](C)O)C3)CC2)ccc1F. The first-order chi connectivity index (χ1) is 11.9. The van der Waals surface area contributed by atoms with Gasteiger partial charge in [0.1, 0.15) is 5.82 Å². The molecule has 0 aromatic heterocycles. The van der Waals surface area contributed by atoms with Crippen LogP contribution in [-0.2, 0) is 11.3 Å². The van der Waals surface area contributed by atoms with Crippen LogP contribution in [-0.4, -0.2) is 53.1 Å². The van der Waals surface area contributed by atoms with Gasteiger partial charge in [0.25, 0.3) is 0 Å². The zero-order valence-corrected chi connectivity index (χ0v) is 15.3. The van der Waals surface area contributed by atoms with Gasteiger partial charge in [-0.2, -0.15) is 0 Å². The molecule has 2 saturated heterocycles. The van der Waals surface area contributed by atoms with Crippen molar-refractivity contribution in [2.24, 2.45) is 5.41 Å². The zero-order chi connectivity index (χ0) is 18.0. The number of piperidine rings is 2. The van der Waals surface area contributed by atoms with Crippen LogP contribution in [0.1, 0.15) is 43.7 Å². The van der Waals surface area contributed by atoms with E-state index < -0.39 is 6.10 Å². The van der Waals surface area contributed by atoms with Crippen LogP contribution in [0.3, 0.4) is 0 Å². The van der Waals surface area contributed by atoms with Crippen LogP contribution in [0.25, 0.3) is 0 Å². The van der Waals surface area contributed by atoms with Crippen molar-refractivity contribution in [3.8, 4) is 0 Å². The topological polar surface area (TPSA) is 43.8 Å². The molecular weight excluding hydrogens is 319 g/mol. The van der Waals surface area contributed by atoms with Crippen LogP contribution in [0, 0.1) is 18.2 Å². The number of aliphatic hydroxyl groups excluding tert-OH is 1. The normalized spacial score (nSPS) is 22.4. The van der Waals surface area contributed by atoms with Crippen LogP contribution in [0.5, 0.6) is 0 Å². The molecule has 1 aromatic carbocycles. The van der Waals surface area contributed by atoms with Crippen molar-refractivity contribution in [3.05, 3.63) is 35.1 Å². The van der Waals surface area contributed by atoms with Crippen molar-refractivity contribution in [3.63, 3.8) is 0 Å². The van der Waals surface area contributed by atoms with Crippen molar-refractivity contribution in [2.75, 3.05) is 26.2 Å². The Bertz CT molecular complexity index is 624. The van der Waals surface area contributed by atoms with Gasteiger partial charge in [-0.3, -0.25) is 9.69 Å². The first-order valence-electron chi connectivity index (χ1n) is 9.30. The number of hydrogen-bond donors (Lipinski definition) is 1. The maximum atomic E-state index is 13.4.